The lowest BCUT2D eigenvalue weighted by atomic mass is 10.2. The summed E-state index contributed by atoms with van der Waals surface area (Å²) in [6, 6.07) is 0.821. The fourth-order valence-corrected chi connectivity index (χ4v) is 2.60. The van der Waals surface area contributed by atoms with Gasteiger partial charge in [0.05, 0.1) is 6.54 Å². The zero-order valence-electron chi connectivity index (χ0n) is 11.2. The minimum atomic E-state index is -4.65. The van der Waals surface area contributed by atoms with Crippen molar-refractivity contribution < 1.29 is 27.9 Å². The minimum Gasteiger partial charge on any atom is -0.480 e. The van der Waals surface area contributed by atoms with Crippen LogP contribution in [0.4, 0.5) is 18.0 Å². The van der Waals surface area contributed by atoms with E-state index in [1.54, 1.807) is 0 Å². The molecule has 0 spiro atoms. The second kappa shape index (κ2) is 7.30. The van der Waals surface area contributed by atoms with Crippen LogP contribution in [0.3, 0.4) is 0 Å². The Balaban J connectivity index is 2.65. The van der Waals surface area contributed by atoms with Gasteiger partial charge < -0.3 is 15.3 Å². The van der Waals surface area contributed by atoms with Crippen molar-refractivity contribution in [3.05, 3.63) is 21.9 Å². The Kier molecular flexibility index (Phi) is 6.01. The predicted molar refractivity (Wildman–Crippen MR) is 71.2 cm³/mol. The number of carboxylic acids is 1. The van der Waals surface area contributed by atoms with Crippen LogP contribution in [0.1, 0.15) is 17.4 Å². The Morgan fingerprint density at radius 2 is 2.10 bits per heavy atom. The summed E-state index contributed by atoms with van der Waals surface area (Å²) in [5.41, 5.74) is 1.00. The summed E-state index contributed by atoms with van der Waals surface area (Å²) in [5.74, 6) is -1.50. The quantitative estimate of drug-likeness (QED) is 0.844. The van der Waals surface area contributed by atoms with Crippen LogP contribution in [0.15, 0.2) is 11.4 Å². The van der Waals surface area contributed by atoms with E-state index < -0.39 is 31.3 Å². The largest absolute Gasteiger partial charge is 0.480 e. The van der Waals surface area contributed by atoms with E-state index in [1.165, 1.54) is 11.3 Å². The Morgan fingerprint density at radius 3 is 2.62 bits per heavy atom. The van der Waals surface area contributed by atoms with Crippen LogP contribution < -0.4 is 5.32 Å². The van der Waals surface area contributed by atoms with Crippen molar-refractivity contribution in [2.45, 2.75) is 26.1 Å². The van der Waals surface area contributed by atoms with Gasteiger partial charge in [0, 0.05) is 4.88 Å². The number of carbonyl (C=O) groups excluding carboxylic acids is 1. The van der Waals surface area contributed by atoms with Gasteiger partial charge in [-0.15, -0.1) is 11.3 Å². The maximum absolute atomic E-state index is 12.3. The molecule has 2 amide bonds. The number of thiophene rings is 1. The molecule has 1 rings (SSSR count). The molecule has 0 atom stereocenters. The maximum atomic E-state index is 12.3. The average molecular weight is 324 g/mol. The summed E-state index contributed by atoms with van der Waals surface area (Å²) >= 11 is 1.38. The lowest BCUT2D eigenvalue weighted by Gasteiger charge is -2.22. The number of alkyl halides is 3. The van der Waals surface area contributed by atoms with Crippen molar-refractivity contribution in [3.63, 3.8) is 0 Å². The minimum absolute atomic E-state index is 0.0770. The molecule has 0 radical (unpaired) electrons. The molecule has 0 saturated heterocycles. The fourth-order valence-electron chi connectivity index (χ4n) is 1.68. The van der Waals surface area contributed by atoms with Crippen molar-refractivity contribution >= 4 is 23.3 Å². The summed E-state index contributed by atoms with van der Waals surface area (Å²) in [6.07, 6.45) is -3.90. The summed E-state index contributed by atoms with van der Waals surface area (Å²) in [6.45, 7) is -0.603. The van der Waals surface area contributed by atoms with Crippen LogP contribution in [0, 0.1) is 0 Å². The van der Waals surface area contributed by atoms with Gasteiger partial charge >= 0.3 is 18.2 Å². The number of nitrogens with one attached hydrogen (secondary N) is 1. The van der Waals surface area contributed by atoms with E-state index >= 15 is 0 Å². The standard InChI is InChI=1S/C12H15F3N2O3S/c1-2-8-3-4-21-9(8)5-16-11(20)17(6-10(18)19)7-12(13,14)15/h3-4H,2,5-7H2,1H3,(H,16,20)(H,18,19). The van der Waals surface area contributed by atoms with E-state index in [1.807, 2.05) is 18.4 Å². The molecule has 5 nitrogen and oxygen atoms in total. The molecule has 0 aliphatic carbocycles. The summed E-state index contributed by atoms with van der Waals surface area (Å²) in [4.78, 5) is 23.3. The van der Waals surface area contributed by atoms with Gasteiger partial charge in [-0.25, -0.2) is 4.79 Å². The van der Waals surface area contributed by atoms with Gasteiger partial charge in [0.15, 0.2) is 0 Å². The number of carbonyl (C=O) groups is 2. The van der Waals surface area contributed by atoms with E-state index in [2.05, 4.69) is 5.32 Å². The van der Waals surface area contributed by atoms with Gasteiger partial charge in [0.2, 0.25) is 0 Å². The Labute approximate surface area is 123 Å². The lowest BCUT2D eigenvalue weighted by molar-refractivity contribution is -0.148. The fraction of sp³-hybridized carbons (Fsp3) is 0.500. The number of nitrogens with zero attached hydrogens (tertiary/aromatic N) is 1. The Bertz CT molecular complexity index is 502. The van der Waals surface area contributed by atoms with Crippen LogP contribution in [0.5, 0.6) is 0 Å². The highest BCUT2D eigenvalue weighted by Gasteiger charge is 2.34. The number of carboxylic acid groups (broad SMARTS) is 1. The van der Waals surface area contributed by atoms with Crippen molar-refractivity contribution in [1.82, 2.24) is 10.2 Å². The van der Waals surface area contributed by atoms with E-state index in [0.29, 0.717) is 0 Å². The maximum Gasteiger partial charge on any atom is 0.406 e. The van der Waals surface area contributed by atoms with Gasteiger partial charge in [-0.2, -0.15) is 13.2 Å². The molecule has 0 aliphatic heterocycles. The van der Waals surface area contributed by atoms with Crippen LogP contribution in [0.2, 0.25) is 0 Å². The molecule has 1 aromatic rings. The lowest BCUT2D eigenvalue weighted by Crippen LogP contribution is -2.46. The molecule has 21 heavy (non-hydrogen) atoms. The molecule has 0 aliphatic rings. The highest BCUT2D eigenvalue weighted by molar-refractivity contribution is 7.10. The summed E-state index contributed by atoms with van der Waals surface area (Å²) < 4.78 is 37.0. The molecule has 118 valence electrons. The number of aryl methyl sites for hydroxylation is 1. The molecule has 2 N–H and O–H groups in total. The second-order valence-corrected chi connectivity index (χ2v) is 5.25. The highest BCUT2D eigenvalue weighted by Crippen LogP contribution is 2.18. The molecular formula is C12H15F3N2O3S. The van der Waals surface area contributed by atoms with Crippen molar-refractivity contribution in [2.24, 2.45) is 0 Å². The van der Waals surface area contributed by atoms with E-state index in [9.17, 15) is 22.8 Å². The van der Waals surface area contributed by atoms with Crippen molar-refractivity contribution in [1.29, 1.82) is 0 Å². The number of rotatable bonds is 6. The first-order chi connectivity index (χ1) is 9.73. The topological polar surface area (TPSA) is 69.6 Å². The second-order valence-electron chi connectivity index (χ2n) is 4.25. The molecule has 9 heteroatoms. The molecule has 0 unspecified atom stereocenters. The zero-order chi connectivity index (χ0) is 16.0. The molecule has 1 aromatic heterocycles. The first-order valence-electron chi connectivity index (χ1n) is 6.09. The number of hydrogen-bond donors (Lipinski definition) is 2. The summed E-state index contributed by atoms with van der Waals surface area (Å²) in [7, 11) is 0. The number of amides is 2. The first kappa shape index (κ1) is 17.3. The summed E-state index contributed by atoms with van der Waals surface area (Å²) in [5, 5.41) is 12.7. The van der Waals surface area contributed by atoms with E-state index in [4.69, 9.17) is 5.11 Å². The molecule has 0 saturated carbocycles. The van der Waals surface area contributed by atoms with Gasteiger partial charge in [0.25, 0.3) is 0 Å². The van der Waals surface area contributed by atoms with Crippen LogP contribution >= 0.6 is 11.3 Å². The van der Waals surface area contributed by atoms with Crippen LogP contribution in [-0.2, 0) is 17.8 Å². The monoisotopic (exact) mass is 324 g/mol. The number of urea groups is 1. The number of hydrogen-bond acceptors (Lipinski definition) is 3. The van der Waals surface area contributed by atoms with Gasteiger partial charge in [-0.05, 0) is 23.4 Å². The third kappa shape index (κ3) is 6.03. The number of aliphatic carboxylic acids is 1. The smallest absolute Gasteiger partial charge is 0.406 e. The predicted octanol–water partition coefficient (Wildman–Crippen LogP) is 2.47. The van der Waals surface area contributed by atoms with Crippen molar-refractivity contribution in [2.75, 3.05) is 13.1 Å². The van der Waals surface area contributed by atoms with Crippen LogP contribution in [-0.4, -0.2) is 41.3 Å². The first-order valence-corrected chi connectivity index (χ1v) is 6.97. The van der Waals surface area contributed by atoms with Crippen molar-refractivity contribution in [3.8, 4) is 0 Å². The Morgan fingerprint density at radius 1 is 1.43 bits per heavy atom. The SMILES string of the molecule is CCc1ccsc1CNC(=O)N(CC(=O)O)CC(F)(F)F. The van der Waals surface area contributed by atoms with Crippen LogP contribution in [0.25, 0.3) is 0 Å². The third-order valence-corrected chi connectivity index (χ3v) is 3.57. The van der Waals surface area contributed by atoms with E-state index in [0.717, 1.165) is 16.9 Å². The normalized spacial score (nSPS) is 11.2. The third-order valence-electron chi connectivity index (χ3n) is 2.60. The van der Waals surface area contributed by atoms with Gasteiger partial charge in [0.1, 0.15) is 13.1 Å². The van der Waals surface area contributed by atoms with Gasteiger partial charge in [-0.1, -0.05) is 6.92 Å². The number of halogens is 3. The molecule has 0 bridgehead atoms. The molecule has 0 fully saturated rings. The molecule has 1 heterocycles. The van der Waals surface area contributed by atoms with Gasteiger partial charge in [-0.3, -0.25) is 4.79 Å². The molecular weight excluding hydrogens is 309 g/mol. The molecule has 0 aromatic carbocycles. The highest BCUT2D eigenvalue weighted by atomic mass is 32.1. The average Bonchev–Trinajstić information content (AvgIpc) is 2.80. The Hall–Kier alpha value is -1.77. The van der Waals surface area contributed by atoms with E-state index in [-0.39, 0.29) is 11.4 Å². The zero-order valence-corrected chi connectivity index (χ0v) is 12.1.